The number of carboxylic acids is 1. The van der Waals surface area contributed by atoms with Crippen LogP contribution in [0.15, 0.2) is 12.2 Å². The van der Waals surface area contributed by atoms with Crippen LogP contribution in [0.4, 0.5) is 0 Å². The minimum atomic E-state index is -0.710. The van der Waals surface area contributed by atoms with Gasteiger partial charge in [0.05, 0.1) is 18.3 Å². The standard InChI is InChI=1S/C19H32O4S/c1-14(20)10-12-24-13-11-16-15(17-8-9-18(16)23-17)6-4-2-3-5-7-19(21)22/h2,4,14-18,20H,3,5-13H2,1H3,(H,21,22)/b4-2-/t14?,15-,16+,17-,18+/m1/s1. The Morgan fingerprint density at radius 3 is 2.71 bits per heavy atom. The van der Waals surface area contributed by atoms with Crippen molar-refractivity contribution >= 4 is 17.7 Å². The fraction of sp³-hybridized carbons (Fsp3) is 0.842. The number of unbranched alkanes of at least 4 members (excludes halogenated alkanes) is 1. The zero-order chi connectivity index (χ0) is 17.4. The Morgan fingerprint density at radius 2 is 2.00 bits per heavy atom. The topological polar surface area (TPSA) is 66.8 Å². The van der Waals surface area contributed by atoms with E-state index in [1.165, 1.54) is 19.3 Å². The van der Waals surface area contributed by atoms with Crippen LogP contribution < -0.4 is 0 Å². The van der Waals surface area contributed by atoms with Crippen LogP contribution in [-0.4, -0.2) is 46.0 Å². The van der Waals surface area contributed by atoms with Crippen molar-refractivity contribution in [3.63, 3.8) is 0 Å². The van der Waals surface area contributed by atoms with Crippen molar-refractivity contribution in [3.05, 3.63) is 12.2 Å². The van der Waals surface area contributed by atoms with Crippen molar-refractivity contribution in [2.24, 2.45) is 11.8 Å². The highest BCUT2D eigenvalue weighted by molar-refractivity contribution is 7.99. The third kappa shape index (κ3) is 6.41. The second kappa shape index (κ2) is 10.5. The van der Waals surface area contributed by atoms with E-state index in [0.717, 1.165) is 37.2 Å². The Bertz CT molecular complexity index is 410. The number of ether oxygens (including phenoxy) is 1. The first-order chi connectivity index (χ1) is 11.6. The minimum absolute atomic E-state index is 0.192. The number of carbonyl (C=O) groups is 1. The van der Waals surface area contributed by atoms with Crippen LogP contribution in [0.1, 0.15) is 58.3 Å². The summed E-state index contributed by atoms with van der Waals surface area (Å²) in [5.41, 5.74) is 0. The number of aliphatic carboxylic acids is 1. The molecule has 2 N–H and O–H groups in total. The number of fused-ring (bicyclic) bond motifs is 2. The van der Waals surface area contributed by atoms with Gasteiger partial charge in [0.25, 0.3) is 0 Å². The van der Waals surface area contributed by atoms with Gasteiger partial charge in [0.2, 0.25) is 0 Å². The Hall–Kier alpha value is -0.520. The van der Waals surface area contributed by atoms with Gasteiger partial charge < -0.3 is 14.9 Å². The van der Waals surface area contributed by atoms with Gasteiger partial charge in [-0.25, -0.2) is 0 Å². The number of allylic oxidation sites excluding steroid dienone is 2. The second-order valence-electron chi connectivity index (χ2n) is 7.15. The molecule has 2 bridgehead atoms. The quantitative estimate of drug-likeness (QED) is 0.410. The van der Waals surface area contributed by atoms with Crippen LogP contribution in [0.25, 0.3) is 0 Å². The maximum Gasteiger partial charge on any atom is 0.303 e. The van der Waals surface area contributed by atoms with E-state index in [0.29, 0.717) is 24.0 Å². The summed E-state index contributed by atoms with van der Waals surface area (Å²) < 4.78 is 6.14. The molecule has 0 aromatic carbocycles. The van der Waals surface area contributed by atoms with Crippen molar-refractivity contribution in [1.82, 2.24) is 0 Å². The van der Waals surface area contributed by atoms with Gasteiger partial charge in [-0.1, -0.05) is 12.2 Å². The number of carboxylic acid groups (broad SMARTS) is 1. The highest BCUT2D eigenvalue weighted by atomic mass is 32.2. The number of hydrogen-bond acceptors (Lipinski definition) is 4. The summed E-state index contributed by atoms with van der Waals surface area (Å²) in [4.78, 5) is 10.5. The first-order valence-corrected chi connectivity index (χ1v) is 10.5. The van der Waals surface area contributed by atoms with Gasteiger partial charge in [0.1, 0.15) is 0 Å². The molecule has 2 aliphatic rings. The van der Waals surface area contributed by atoms with Crippen LogP contribution in [0, 0.1) is 11.8 Å². The first-order valence-electron chi connectivity index (χ1n) is 9.36. The summed E-state index contributed by atoms with van der Waals surface area (Å²) in [7, 11) is 0. The van der Waals surface area contributed by atoms with Crippen LogP contribution in [-0.2, 0) is 9.53 Å². The smallest absolute Gasteiger partial charge is 0.303 e. The SMILES string of the molecule is CC(O)CCSCC[C@H]1[C@@H](C/C=C\CCCC(=O)O)[C@H]2CC[C@@H]1O2. The van der Waals surface area contributed by atoms with E-state index in [1.807, 2.05) is 18.7 Å². The lowest BCUT2D eigenvalue weighted by molar-refractivity contribution is -0.137. The number of aliphatic hydroxyl groups excluding tert-OH is 1. The van der Waals surface area contributed by atoms with Gasteiger partial charge in [0.15, 0.2) is 0 Å². The van der Waals surface area contributed by atoms with Gasteiger partial charge in [-0.05, 0) is 75.2 Å². The normalized spacial score (nSPS) is 30.2. The summed E-state index contributed by atoms with van der Waals surface area (Å²) >= 11 is 1.95. The van der Waals surface area contributed by atoms with Crippen molar-refractivity contribution in [2.75, 3.05) is 11.5 Å². The molecule has 2 heterocycles. The fourth-order valence-electron chi connectivity index (χ4n) is 3.91. The molecule has 4 nitrogen and oxygen atoms in total. The molecule has 2 fully saturated rings. The number of thioether (sulfide) groups is 1. The van der Waals surface area contributed by atoms with E-state index < -0.39 is 5.97 Å². The van der Waals surface area contributed by atoms with Crippen molar-refractivity contribution in [3.8, 4) is 0 Å². The third-order valence-corrected chi connectivity index (χ3v) is 6.25. The van der Waals surface area contributed by atoms with E-state index >= 15 is 0 Å². The zero-order valence-corrected chi connectivity index (χ0v) is 15.5. The van der Waals surface area contributed by atoms with Gasteiger partial charge in [-0.2, -0.15) is 11.8 Å². The van der Waals surface area contributed by atoms with Gasteiger partial charge in [0, 0.05) is 6.42 Å². The predicted octanol–water partition coefficient (Wildman–Crippen LogP) is 3.88. The molecule has 0 radical (unpaired) electrons. The van der Waals surface area contributed by atoms with Crippen molar-refractivity contribution in [2.45, 2.75) is 76.6 Å². The average molecular weight is 357 g/mol. The number of rotatable bonds is 12. The molecule has 5 atom stereocenters. The largest absolute Gasteiger partial charge is 0.481 e. The molecule has 0 saturated carbocycles. The first kappa shape index (κ1) is 19.8. The number of hydrogen-bond donors (Lipinski definition) is 2. The number of aliphatic hydroxyl groups is 1. The molecule has 2 saturated heterocycles. The van der Waals surface area contributed by atoms with E-state index in [2.05, 4.69) is 12.2 Å². The Labute approximate surface area is 150 Å². The lowest BCUT2D eigenvalue weighted by atomic mass is 9.76. The molecule has 24 heavy (non-hydrogen) atoms. The maximum atomic E-state index is 10.5. The third-order valence-electron chi connectivity index (χ3n) is 5.20. The molecule has 0 amide bonds. The molecule has 138 valence electrons. The lowest BCUT2D eigenvalue weighted by Crippen LogP contribution is -2.27. The Morgan fingerprint density at radius 1 is 1.25 bits per heavy atom. The predicted molar refractivity (Wildman–Crippen MR) is 98.4 cm³/mol. The molecule has 5 heteroatoms. The maximum absolute atomic E-state index is 10.5. The van der Waals surface area contributed by atoms with E-state index in [9.17, 15) is 9.90 Å². The minimum Gasteiger partial charge on any atom is -0.481 e. The summed E-state index contributed by atoms with van der Waals surface area (Å²) in [6.07, 6.45) is 12.5. The lowest BCUT2D eigenvalue weighted by Gasteiger charge is -2.27. The summed E-state index contributed by atoms with van der Waals surface area (Å²) in [6.45, 7) is 1.85. The van der Waals surface area contributed by atoms with Gasteiger partial charge in [-0.15, -0.1) is 0 Å². The highest BCUT2D eigenvalue weighted by Gasteiger charge is 2.47. The molecule has 0 aromatic heterocycles. The average Bonchev–Trinajstić information content (AvgIpc) is 3.11. The van der Waals surface area contributed by atoms with Gasteiger partial charge >= 0.3 is 5.97 Å². The molecule has 0 aliphatic carbocycles. The monoisotopic (exact) mass is 356 g/mol. The van der Waals surface area contributed by atoms with Crippen molar-refractivity contribution < 1.29 is 19.7 Å². The van der Waals surface area contributed by atoms with Gasteiger partial charge in [-0.3, -0.25) is 4.79 Å². The summed E-state index contributed by atoms with van der Waals surface area (Å²) in [6, 6.07) is 0. The van der Waals surface area contributed by atoms with Crippen LogP contribution >= 0.6 is 11.8 Å². The summed E-state index contributed by atoms with van der Waals surface area (Å²) in [5, 5.41) is 18.0. The zero-order valence-electron chi connectivity index (χ0n) is 14.7. The molecule has 1 unspecified atom stereocenters. The summed E-state index contributed by atoms with van der Waals surface area (Å²) in [5.74, 6) is 2.79. The molecular formula is C19H32O4S. The van der Waals surface area contributed by atoms with E-state index in [-0.39, 0.29) is 12.5 Å². The molecule has 2 aliphatic heterocycles. The second-order valence-corrected chi connectivity index (χ2v) is 8.37. The van der Waals surface area contributed by atoms with Crippen molar-refractivity contribution in [1.29, 1.82) is 0 Å². The van der Waals surface area contributed by atoms with Crippen LogP contribution in [0.5, 0.6) is 0 Å². The molecule has 0 spiro atoms. The van der Waals surface area contributed by atoms with Crippen LogP contribution in [0.2, 0.25) is 0 Å². The molecular weight excluding hydrogens is 324 g/mol. The Kier molecular flexibility index (Phi) is 8.63. The van der Waals surface area contributed by atoms with E-state index in [4.69, 9.17) is 9.84 Å². The highest BCUT2D eigenvalue weighted by Crippen LogP contribution is 2.47. The fourth-order valence-corrected chi connectivity index (χ4v) is 5.07. The Balaban J connectivity index is 1.67. The van der Waals surface area contributed by atoms with Crippen LogP contribution in [0.3, 0.4) is 0 Å². The van der Waals surface area contributed by atoms with E-state index in [1.54, 1.807) is 0 Å². The molecule has 0 aromatic rings. The molecule has 2 rings (SSSR count).